The van der Waals surface area contributed by atoms with Gasteiger partial charge in [0.1, 0.15) is 0 Å². The van der Waals surface area contributed by atoms with E-state index in [0.717, 1.165) is 6.07 Å². The van der Waals surface area contributed by atoms with E-state index < -0.39 is 24.9 Å². The third-order valence-electron chi connectivity index (χ3n) is 1.63. The molecule has 0 aliphatic heterocycles. The number of aromatic nitrogens is 1. The largest absolute Gasteiger partial charge is 0.511 e. The zero-order chi connectivity index (χ0) is 11.6. The molecule has 1 aromatic heterocycles. The van der Waals surface area contributed by atoms with Crippen LogP contribution in [0, 0.1) is 6.92 Å². The summed E-state index contributed by atoms with van der Waals surface area (Å²) >= 11 is 0. The molecule has 1 rings (SSSR count). The minimum Gasteiger partial charge on any atom is -0.445 e. The molecule has 0 aliphatic rings. The highest BCUT2D eigenvalue weighted by Crippen LogP contribution is 2.17. The molecule has 0 N–H and O–H groups in total. The molecule has 8 heteroatoms. The van der Waals surface area contributed by atoms with Crippen molar-refractivity contribution in [1.29, 1.82) is 0 Å². The molecule has 0 bridgehead atoms. The fourth-order valence-corrected chi connectivity index (χ4v) is 0.971. The first-order valence-corrected chi connectivity index (χ1v) is 3.92. The van der Waals surface area contributed by atoms with Crippen molar-refractivity contribution >= 4 is 12.4 Å². The van der Waals surface area contributed by atoms with Crippen LogP contribution in [0.3, 0.4) is 0 Å². The molecule has 84 valence electrons. The van der Waals surface area contributed by atoms with Crippen molar-refractivity contribution in [2.24, 2.45) is 0 Å². The van der Waals surface area contributed by atoms with Crippen LogP contribution in [0.1, 0.15) is 5.56 Å². The number of aryl methyl sites for hydroxylation is 1. The first kappa shape index (κ1) is 11.7. The normalized spacial score (nSPS) is 11.9. The minimum atomic E-state index is -5.17. The zero-order valence-electron chi connectivity index (χ0n) is 7.55. The number of alkyl halides is 2. The van der Waals surface area contributed by atoms with Gasteiger partial charge in [0.15, 0.2) is 0 Å². The highest BCUT2D eigenvalue weighted by Gasteiger charge is 2.26. The summed E-state index contributed by atoms with van der Waals surface area (Å²) in [6, 6.07) is 0.727. The maximum Gasteiger partial charge on any atom is 0.511 e. The summed E-state index contributed by atoms with van der Waals surface area (Å²) in [4.78, 5) is 3.18. The van der Waals surface area contributed by atoms with Crippen LogP contribution in [0.15, 0.2) is 12.3 Å². The maximum absolute atomic E-state index is 12.2. The lowest BCUT2D eigenvalue weighted by molar-refractivity contribution is -0.0533. The first-order chi connectivity index (χ1) is 6.80. The van der Waals surface area contributed by atoms with E-state index in [0.29, 0.717) is 6.20 Å². The van der Waals surface area contributed by atoms with Crippen LogP contribution >= 0.6 is 0 Å². The van der Waals surface area contributed by atoms with E-state index in [1.54, 1.807) is 0 Å². The van der Waals surface area contributed by atoms with E-state index >= 15 is 0 Å². The number of halogens is 5. The summed E-state index contributed by atoms with van der Waals surface area (Å²) in [7, 11) is 0. The second-order valence-corrected chi connectivity index (χ2v) is 2.84. The van der Waals surface area contributed by atoms with Gasteiger partial charge in [-0.05, 0) is 6.92 Å². The Labute approximate surface area is 82.1 Å². The number of ether oxygens (including phenoxy) is 1. The van der Waals surface area contributed by atoms with Crippen molar-refractivity contribution in [2.45, 2.75) is 13.5 Å². The molecule has 0 aliphatic carbocycles. The van der Waals surface area contributed by atoms with Crippen LogP contribution in [0.5, 0.6) is 5.88 Å². The highest BCUT2D eigenvalue weighted by molar-refractivity contribution is 6.73. The second-order valence-electron chi connectivity index (χ2n) is 2.84. The summed E-state index contributed by atoms with van der Waals surface area (Å²) in [5.41, 5.74) is -1.01. The van der Waals surface area contributed by atoms with Crippen LogP contribution in [-0.4, -0.2) is 18.6 Å². The van der Waals surface area contributed by atoms with Crippen LogP contribution in [-0.2, 0) is 0 Å². The Bertz CT molecular complexity index is 354. The lowest BCUT2D eigenvalue weighted by atomic mass is 9.81. The number of pyridine rings is 1. The van der Waals surface area contributed by atoms with Gasteiger partial charge in [-0.1, -0.05) is 11.5 Å². The molecule has 0 spiro atoms. The third kappa shape index (κ3) is 3.07. The monoisotopic (exact) mass is 226 g/mol. The predicted molar refractivity (Wildman–Crippen MR) is 44.3 cm³/mol. The zero-order valence-corrected chi connectivity index (χ0v) is 7.55. The van der Waals surface area contributed by atoms with Gasteiger partial charge < -0.3 is 17.7 Å². The maximum atomic E-state index is 12.2. The molecule has 0 saturated heterocycles. The molecule has 0 saturated carbocycles. The van der Waals surface area contributed by atoms with E-state index in [9.17, 15) is 21.7 Å². The number of hydrogen-bond donors (Lipinski definition) is 0. The fourth-order valence-electron chi connectivity index (χ4n) is 0.971. The second kappa shape index (κ2) is 4.04. The first-order valence-electron chi connectivity index (χ1n) is 3.92. The molecular weight excluding hydrogens is 220 g/mol. The van der Waals surface area contributed by atoms with Gasteiger partial charge in [-0.25, -0.2) is 4.98 Å². The van der Waals surface area contributed by atoms with Crippen molar-refractivity contribution in [3.8, 4) is 5.88 Å². The summed E-state index contributed by atoms with van der Waals surface area (Å²) in [6.45, 7) is -7.05. The molecule has 2 nitrogen and oxygen atoms in total. The SMILES string of the molecule is Cc1cc([B-](F)(F)F)cnc1OC(F)F. The Morgan fingerprint density at radius 3 is 2.33 bits per heavy atom. The average Bonchev–Trinajstić information content (AvgIpc) is 2.05. The van der Waals surface area contributed by atoms with E-state index in [4.69, 9.17) is 0 Å². The Kier molecular flexibility index (Phi) is 3.16. The molecule has 1 aromatic rings. The third-order valence-corrected chi connectivity index (χ3v) is 1.63. The Hall–Kier alpha value is -1.34. The number of nitrogens with zero attached hydrogens (tertiary/aromatic N) is 1. The average molecular weight is 226 g/mol. The molecule has 15 heavy (non-hydrogen) atoms. The lowest BCUT2D eigenvalue weighted by Crippen LogP contribution is -2.34. The Morgan fingerprint density at radius 2 is 1.93 bits per heavy atom. The van der Waals surface area contributed by atoms with Gasteiger partial charge in [-0.15, -0.1) is 0 Å². The van der Waals surface area contributed by atoms with E-state index in [-0.39, 0.29) is 5.56 Å². The number of rotatable bonds is 3. The summed E-state index contributed by atoms with van der Waals surface area (Å²) in [5, 5.41) is 0. The van der Waals surface area contributed by atoms with Gasteiger partial charge in [0, 0.05) is 11.8 Å². The van der Waals surface area contributed by atoms with Crippen molar-refractivity contribution in [3.63, 3.8) is 0 Å². The van der Waals surface area contributed by atoms with Crippen LogP contribution in [0.2, 0.25) is 0 Å². The Morgan fingerprint density at radius 1 is 1.33 bits per heavy atom. The molecule has 0 unspecified atom stereocenters. The number of hydrogen-bond acceptors (Lipinski definition) is 2. The van der Waals surface area contributed by atoms with Gasteiger partial charge in [0.25, 0.3) is 0 Å². The molecule has 0 amide bonds. The summed E-state index contributed by atoms with van der Waals surface area (Å²) < 4.78 is 64.0. The van der Waals surface area contributed by atoms with E-state index in [1.807, 2.05) is 0 Å². The predicted octanol–water partition coefficient (Wildman–Crippen LogP) is 2.05. The lowest BCUT2D eigenvalue weighted by Gasteiger charge is -2.16. The van der Waals surface area contributed by atoms with Crippen molar-refractivity contribution in [2.75, 3.05) is 0 Å². The van der Waals surface area contributed by atoms with Crippen molar-refractivity contribution in [3.05, 3.63) is 17.8 Å². The van der Waals surface area contributed by atoms with E-state index in [2.05, 4.69) is 9.72 Å². The molecule has 0 radical (unpaired) electrons. The quantitative estimate of drug-likeness (QED) is 0.581. The molecule has 0 aromatic carbocycles. The van der Waals surface area contributed by atoms with Gasteiger partial charge in [0.2, 0.25) is 5.88 Å². The molecule has 1 heterocycles. The molecule has 0 atom stereocenters. The summed E-state index contributed by atoms with van der Waals surface area (Å²) in [6.07, 6.45) is 0.477. The minimum absolute atomic E-state index is 0.0769. The van der Waals surface area contributed by atoms with Crippen molar-refractivity contribution in [1.82, 2.24) is 4.98 Å². The standard InChI is InChI=1S/C7H6BF5NO/c1-4-2-5(8(11,12)13)3-14-6(4)15-7(9)10/h2-3,7H,1H3/q-1. The van der Waals surface area contributed by atoms with Crippen molar-refractivity contribution < 1.29 is 26.5 Å². The van der Waals surface area contributed by atoms with Gasteiger partial charge in [-0.2, -0.15) is 8.78 Å². The topological polar surface area (TPSA) is 22.1 Å². The molecule has 0 fully saturated rings. The summed E-state index contributed by atoms with van der Waals surface area (Å²) in [5.74, 6) is -0.492. The van der Waals surface area contributed by atoms with Gasteiger partial charge in [-0.3, -0.25) is 0 Å². The highest BCUT2D eigenvalue weighted by atomic mass is 19.4. The van der Waals surface area contributed by atoms with Gasteiger partial charge in [0.05, 0.1) is 0 Å². The molecular formula is C7H6BF5NO-. The van der Waals surface area contributed by atoms with Gasteiger partial charge >= 0.3 is 13.6 Å². The fraction of sp³-hybridized carbons (Fsp3) is 0.286. The van der Waals surface area contributed by atoms with Crippen LogP contribution in [0.25, 0.3) is 0 Å². The smallest absolute Gasteiger partial charge is 0.445 e. The Balaban J connectivity index is 2.98. The van der Waals surface area contributed by atoms with E-state index in [1.165, 1.54) is 6.92 Å². The van der Waals surface area contributed by atoms with Crippen LogP contribution < -0.4 is 10.2 Å². The van der Waals surface area contributed by atoms with Crippen LogP contribution in [0.4, 0.5) is 21.7 Å².